The molecule has 2 saturated carbocycles. The smallest absolute Gasteiger partial charge is 0.411 e. The minimum absolute atomic E-state index is 0.0160. The molecule has 0 amide bonds. The fourth-order valence-corrected chi connectivity index (χ4v) is 7.98. The van der Waals surface area contributed by atoms with Crippen molar-refractivity contribution >= 4 is 10.4 Å². The fraction of sp³-hybridized carbons (Fsp3) is 1.00. The number of hydrogen-bond donors (Lipinski definition) is 5. The van der Waals surface area contributed by atoms with Crippen molar-refractivity contribution in [2.75, 3.05) is 19.7 Å². The summed E-state index contributed by atoms with van der Waals surface area (Å²) in [6, 6.07) is -0.00549. The molecule has 0 radical (unpaired) electrons. The first-order chi connectivity index (χ1) is 17.5. The van der Waals surface area contributed by atoms with Crippen molar-refractivity contribution in [2.24, 2.45) is 5.92 Å². The number of nitrogens with one attached hydrogen (secondary N) is 5. The largest absolute Gasteiger partial charge is 0.597 e. The Morgan fingerprint density at radius 1 is 0.946 bits per heavy atom. The number of alkyl halides is 4. The second kappa shape index (κ2) is 12.8. The molecule has 4 fully saturated rings. The van der Waals surface area contributed by atoms with E-state index in [1.807, 2.05) is 6.92 Å². The summed E-state index contributed by atoms with van der Waals surface area (Å²) in [5.74, 6) is -0.0887. The molecule has 7 unspecified atom stereocenters. The number of hydrogen-bond acceptors (Lipinski definition) is 8. The van der Waals surface area contributed by atoms with E-state index < -0.39 is 48.3 Å². The number of piperidine rings is 1. The molecule has 4 rings (SSSR count). The molecule has 0 bridgehead atoms. The minimum Gasteiger partial charge on any atom is -0.597 e. The summed E-state index contributed by atoms with van der Waals surface area (Å²) in [6.07, 6.45) is -0.133. The molecule has 2 heterocycles. The van der Waals surface area contributed by atoms with Crippen molar-refractivity contribution < 1.29 is 31.1 Å². The van der Waals surface area contributed by atoms with Crippen molar-refractivity contribution in [1.82, 2.24) is 30.9 Å². The SMILES string of the molecule is CC1CC(NC2NC(NC3CCN([S+](=O)([O-])C4CCCCC4)CC3)NC(OCC(F)(F)F)N2)CCC1F. The van der Waals surface area contributed by atoms with Crippen LogP contribution in [0.2, 0.25) is 0 Å². The number of rotatable bonds is 8. The Morgan fingerprint density at radius 2 is 1.57 bits per heavy atom. The van der Waals surface area contributed by atoms with Gasteiger partial charge in [-0.05, 0) is 63.7 Å². The third-order valence-electron chi connectivity index (χ3n) is 8.04. The van der Waals surface area contributed by atoms with Crippen molar-refractivity contribution in [1.29, 1.82) is 0 Å². The summed E-state index contributed by atoms with van der Waals surface area (Å²) in [7, 11) is -3.30. The second-order valence-electron chi connectivity index (χ2n) is 11.0. The highest BCUT2D eigenvalue weighted by atomic mass is 32.3. The molecule has 2 saturated heterocycles. The highest BCUT2D eigenvalue weighted by Crippen LogP contribution is 2.31. The number of ether oxygens (including phenoxy) is 1. The zero-order valence-corrected chi connectivity index (χ0v) is 22.2. The topological polar surface area (TPSA) is 113 Å². The second-order valence-corrected chi connectivity index (χ2v) is 13.2. The van der Waals surface area contributed by atoms with Gasteiger partial charge in [-0.25, -0.2) is 4.39 Å². The lowest BCUT2D eigenvalue weighted by molar-refractivity contribution is -0.199. The minimum atomic E-state index is -4.47. The zero-order valence-electron chi connectivity index (χ0n) is 21.4. The first-order valence-electron chi connectivity index (χ1n) is 13.6. The lowest BCUT2D eigenvalue weighted by Gasteiger charge is -2.44. The Balaban J connectivity index is 1.30. The predicted octanol–water partition coefficient (Wildman–Crippen LogP) is 2.25. The summed E-state index contributed by atoms with van der Waals surface area (Å²) in [5, 5.41) is 15.6. The maximum absolute atomic E-state index is 13.9. The average Bonchev–Trinajstić information content (AvgIpc) is 2.85. The molecular weight excluding hydrogens is 516 g/mol. The Hall–Kier alpha value is -0.450. The fourth-order valence-electron chi connectivity index (χ4n) is 5.91. The van der Waals surface area contributed by atoms with Gasteiger partial charge in [-0.15, -0.1) is 4.31 Å². The van der Waals surface area contributed by atoms with Gasteiger partial charge in [0.25, 0.3) is 0 Å². The van der Waals surface area contributed by atoms with Gasteiger partial charge in [-0.2, -0.15) is 13.2 Å². The van der Waals surface area contributed by atoms with Crippen LogP contribution in [0.4, 0.5) is 17.6 Å². The summed E-state index contributed by atoms with van der Waals surface area (Å²) in [5.41, 5.74) is 0. The van der Waals surface area contributed by atoms with E-state index >= 15 is 0 Å². The van der Waals surface area contributed by atoms with Crippen LogP contribution in [-0.4, -0.2) is 77.2 Å². The van der Waals surface area contributed by atoms with Crippen LogP contribution >= 0.6 is 0 Å². The van der Waals surface area contributed by atoms with Crippen LogP contribution in [0.25, 0.3) is 0 Å². The van der Waals surface area contributed by atoms with Gasteiger partial charge in [0.1, 0.15) is 41.0 Å². The lowest BCUT2D eigenvalue weighted by atomic mass is 9.85. The van der Waals surface area contributed by atoms with Crippen LogP contribution in [0, 0.1) is 5.92 Å². The van der Waals surface area contributed by atoms with E-state index in [0.717, 1.165) is 32.1 Å². The van der Waals surface area contributed by atoms with Crippen LogP contribution in [-0.2, 0) is 19.3 Å². The van der Waals surface area contributed by atoms with Crippen LogP contribution in [0.5, 0.6) is 0 Å². The van der Waals surface area contributed by atoms with Gasteiger partial charge in [0, 0.05) is 25.2 Å². The maximum atomic E-state index is 13.9. The molecule has 216 valence electrons. The van der Waals surface area contributed by atoms with E-state index in [1.165, 1.54) is 0 Å². The molecule has 14 heteroatoms. The summed E-state index contributed by atoms with van der Waals surface area (Å²) in [6.45, 7) is 1.30. The maximum Gasteiger partial charge on any atom is 0.411 e. The van der Waals surface area contributed by atoms with Crippen LogP contribution in [0.15, 0.2) is 0 Å². The zero-order chi connectivity index (χ0) is 26.6. The summed E-state index contributed by atoms with van der Waals surface area (Å²) < 4.78 is 85.0. The van der Waals surface area contributed by atoms with Crippen molar-refractivity contribution in [2.45, 2.75) is 120 Å². The molecule has 2 aliphatic heterocycles. The molecule has 7 atom stereocenters. The monoisotopic (exact) mass is 558 g/mol. The first kappa shape index (κ1) is 29.5. The van der Waals surface area contributed by atoms with Gasteiger partial charge in [0.05, 0.1) is 0 Å². The quantitative estimate of drug-likeness (QED) is 0.228. The molecular formula is C23H42F4N6O3S. The molecule has 0 spiro atoms. The van der Waals surface area contributed by atoms with E-state index in [1.54, 1.807) is 4.31 Å². The lowest BCUT2D eigenvalue weighted by Crippen LogP contribution is -2.76. The van der Waals surface area contributed by atoms with E-state index in [9.17, 15) is 26.3 Å². The van der Waals surface area contributed by atoms with Gasteiger partial charge in [0.2, 0.25) is 0 Å². The summed E-state index contributed by atoms with van der Waals surface area (Å²) in [4.78, 5) is 0. The number of halogens is 4. The normalized spacial score (nSPS) is 37.4. The van der Waals surface area contributed by atoms with Crippen LogP contribution in [0.3, 0.4) is 0 Å². The van der Waals surface area contributed by atoms with Crippen LogP contribution in [0.1, 0.15) is 71.1 Å². The standard InChI is InChI=1S/C23H42F4N6O3S/c1-15-13-17(7-8-19(15)24)29-21-30-20(31-22(32-21)36-14-23(25,26)27)28-16-9-11-33(12-10-16)37(34,35)18-5-3-2-4-6-18/h15-22,28-32H,2-14H2,1H3. The van der Waals surface area contributed by atoms with E-state index in [2.05, 4.69) is 26.6 Å². The Morgan fingerprint density at radius 3 is 2.16 bits per heavy atom. The van der Waals surface area contributed by atoms with E-state index in [4.69, 9.17) is 4.74 Å². The molecule has 2 aliphatic carbocycles. The van der Waals surface area contributed by atoms with Crippen molar-refractivity contribution in [3.05, 3.63) is 0 Å². The molecule has 4 aliphatic rings. The van der Waals surface area contributed by atoms with Gasteiger partial charge < -0.3 is 9.29 Å². The highest BCUT2D eigenvalue weighted by molar-refractivity contribution is 7.96. The third-order valence-corrected chi connectivity index (χ3v) is 10.4. The molecule has 37 heavy (non-hydrogen) atoms. The first-order valence-corrected chi connectivity index (χ1v) is 15.1. The Bertz CT molecular complexity index is 769. The van der Waals surface area contributed by atoms with Gasteiger partial charge in [-0.3, -0.25) is 26.6 Å². The molecule has 0 aromatic carbocycles. The summed E-state index contributed by atoms with van der Waals surface area (Å²) >= 11 is 0. The molecule has 0 aromatic rings. The van der Waals surface area contributed by atoms with Gasteiger partial charge in [-0.1, -0.05) is 17.6 Å². The predicted molar refractivity (Wildman–Crippen MR) is 131 cm³/mol. The number of sulfonamides is 1. The molecule has 0 aromatic heterocycles. The van der Waals surface area contributed by atoms with E-state index in [0.29, 0.717) is 45.2 Å². The Kier molecular flexibility index (Phi) is 10.2. The van der Waals surface area contributed by atoms with Gasteiger partial charge in [0.15, 0.2) is 6.35 Å². The third kappa shape index (κ3) is 8.52. The average molecular weight is 559 g/mol. The van der Waals surface area contributed by atoms with E-state index in [-0.39, 0.29) is 23.3 Å². The number of nitrogens with zero attached hydrogens (tertiary/aromatic N) is 1. The molecule has 9 nitrogen and oxygen atoms in total. The molecule has 5 N–H and O–H groups in total. The Labute approximate surface area is 218 Å². The van der Waals surface area contributed by atoms with Gasteiger partial charge >= 0.3 is 6.18 Å². The van der Waals surface area contributed by atoms with Crippen molar-refractivity contribution in [3.8, 4) is 0 Å². The van der Waals surface area contributed by atoms with Crippen molar-refractivity contribution in [3.63, 3.8) is 0 Å². The van der Waals surface area contributed by atoms with Crippen LogP contribution < -0.4 is 26.6 Å². The highest BCUT2D eigenvalue weighted by Gasteiger charge is 2.41.